The van der Waals surface area contributed by atoms with Gasteiger partial charge < -0.3 is 25.2 Å². The highest BCUT2D eigenvalue weighted by molar-refractivity contribution is 7.47. The number of phosphoric ester groups is 1. The monoisotopic (exact) mass is 533 g/mol. The molecule has 0 spiro atoms. The highest BCUT2D eigenvalue weighted by Crippen LogP contribution is 2.48. The van der Waals surface area contributed by atoms with Gasteiger partial charge in [-0.05, 0) is 58.3 Å². The third-order valence-electron chi connectivity index (χ3n) is 6.64. The van der Waals surface area contributed by atoms with Crippen LogP contribution < -0.4 is 5.73 Å². The Labute approximate surface area is 216 Å². The lowest BCUT2D eigenvalue weighted by Crippen LogP contribution is -2.24. The van der Waals surface area contributed by atoms with E-state index in [0.717, 1.165) is 38.5 Å². The first-order valence-electron chi connectivity index (χ1n) is 13.8. The molecular formula is C26H48NO8P. The van der Waals surface area contributed by atoms with E-state index in [9.17, 15) is 19.4 Å². The number of fused-ring (bicyclic) bond motifs is 1. The van der Waals surface area contributed by atoms with Gasteiger partial charge in [0.1, 0.15) is 6.10 Å². The lowest BCUT2D eigenvalue weighted by atomic mass is 10.0. The molecule has 6 unspecified atom stereocenters. The summed E-state index contributed by atoms with van der Waals surface area (Å²) in [4.78, 5) is 22.3. The number of epoxide rings is 1. The standard InChI is InChI=1S/C26H48NO8P/c1-21-14-11-9-7-5-3-2-4-6-8-10-12-15-22(28)20-24-26(34-24)23(16-13-17-25(29)33-21)35-36(30,31)32-19-18-27/h5,7,21-24,26,28H,2-4,6,8-20,27H2,1H3,(H,30,31). The molecular weight excluding hydrogens is 485 g/mol. The van der Waals surface area contributed by atoms with Crippen molar-refractivity contribution >= 4 is 13.8 Å². The molecule has 0 amide bonds. The largest absolute Gasteiger partial charge is 0.472 e. The SMILES string of the molecule is CC1CCCC=CCCCCCCCCC(O)CC2OC2C(OP(=O)(O)OCCN)CCCC(=O)O1. The molecule has 210 valence electrons. The molecule has 0 radical (unpaired) electrons. The van der Waals surface area contributed by atoms with Crippen LogP contribution in [0.15, 0.2) is 12.2 Å². The fourth-order valence-electron chi connectivity index (χ4n) is 4.60. The number of carbonyl (C=O) groups is 1. The van der Waals surface area contributed by atoms with Crippen molar-refractivity contribution in [3.8, 4) is 0 Å². The predicted molar refractivity (Wildman–Crippen MR) is 138 cm³/mol. The highest BCUT2D eigenvalue weighted by atomic mass is 31.2. The van der Waals surface area contributed by atoms with E-state index in [0.29, 0.717) is 25.7 Å². The fraction of sp³-hybridized carbons (Fsp3) is 0.885. The number of esters is 1. The number of rotatable bonds is 5. The average molecular weight is 534 g/mol. The van der Waals surface area contributed by atoms with Gasteiger partial charge in [0.25, 0.3) is 0 Å². The molecule has 2 aliphatic heterocycles. The summed E-state index contributed by atoms with van der Waals surface area (Å²) in [5.74, 6) is -0.290. The van der Waals surface area contributed by atoms with E-state index in [1.165, 1.54) is 25.7 Å². The first-order valence-corrected chi connectivity index (χ1v) is 15.3. The number of carbonyl (C=O) groups excluding carboxylic acids is 1. The van der Waals surface area contributed by atoms with Crippen molar-refractivity contribution in [2.24, 2.45) is 5.73 Å². The molecule has 2 rings (SSSR count). The molecule has 1 saturated heterocycles. The topological polar surface area (TPSA) is 141 Å². The second-order valence-corrected chi connectivity index (χ2v) is 11.5. The van der Waals surface area contributed by atoms with E-state index in [2.05, 4.69) is 12.2 Å². The van der Waals surface area contributed by atoms with Gasteiger partial charge in [-0.15, -0.1) is 0 Å². The molecule has 10 heteroatoms. The van der Waals surface area contributed by atoms with Crippen molar-refractivity contribution in [3.63, 3.8) is 0 Å². The zero-order chi connectivity index (χ0) is 26.2. The molecule has 4 N–H and O–H groups in total. The van der Waals surface area contributed by atoms with E-state index in [1.807, 2.05) is 6.92 Å². The summed E-state index contributed by atoms with van der Waals surface area (Å²) in [7, 11) is -4.31. The first kappa shape index (κ1) is 31.4. The molecule has 0 aromatic rings. The molecule has 36 heavy (non-hydrogen) atoms. The Morgan fingerprint density at radius 3 is 2.47 bits per heavy atom. The van der Waals surface area contributed by atoms with Crippen LogP contribution in [0.25, 0.3) is 0 Å². The summed E-state index contributed by atoms with van der Waals surface area (Å²) < 4.78 is 33.9. The number of nitrogens with two attached hydrogens (primary N) is 1. The Bertz CT molecular complexity index is 691. The third kappa shape index (κ3) is 14.2. The fourth-order valence-corrected chi connectivity index (χ4v) is 5.57. The molecule has 0 aliphatic carbocycles. The Morgan fingerprint density at radius 1 is 1.03 bits per heavy atom. The smallest absolute Gasteiger partial charge is 0.463 e. The summed E-state index contributed by atoms with van der Waals surface area (Å²) >= 11 is 0. The van der Waals surface area contributed by atoms with Crippen molar-refractivity contribution in [2.45, 2.75) is 134 Å². The van der Waals surface area contributed by atoms with Crippen LogP contribution in [-0.2, 0) is 27.9 Å². The van der Waals surface area contributed by atoms with Gasteiger partial charge >= 0.3 is 13.8 Å². The van der Waals surface area contributed by atoms with Crippen LogP contribution >= 0.6 is 7.82 Å². The van der Waals surface area contributed by atoms with Crippen molar-refractivity contribution in [1.82, 2.24) is 0 Å². The van der Waals surface area contributed by atoms with E-state index in [-0.39, 0.29) is 37.7 Å². The number of aliphatic hydroxyl groups is 1. The maximum Gasteiger partial charge on any atom is 0.472 e. The number of hydrogen-bond acceptors (Lipinski definition) is 8. The normalized spacial score (nSPS) is 32.4. The van der Waals surface area contributed by atoms with E-state index in [4.69, 9.17) is 24.3 Å². The summed E-state index contributed by atoms with van der Waals surface area (Å²) in [6, 6.07) is 0. The summed E-state index contributed by atoms with van der Waals surface area (Å²) in [6.45, 7) is 1.89. The molecule has 6 atom stereocenters. The maximum atomic E-state index is 12.3. The van der Waals surface area contributed by atoms with Crippen molar-refractivity contribution in [3.05, 3.63) is 12.2 Å². The van der Waals surface area contributed by atoms with Gasteiger partial charge in [0, 0.05) is 19.4 Å². The Hall–Kier alpha value is -0.800. The Kier molecular flexibility index (Phi) is 15.4. The number of phosphoric acid groups is 1. The minimum Gasteiger partial charge on any atom is -0.463 e. The van der Waals surface area contributed by atoms with Crippen LogP contribution in [-0.4, -0.2) is 59.6 Å². The highest BCUT2D eigenvalue weighted by Gasteiger charge is 2.48. The molecule has 2 heterocycles. The first-order chi connectivity index (χ1) is 17.3. The lowest BCUT2D eigenvalue weighted by Gasteiger charge is -2.20. The lowest BCUT2D eigenvalue weighted by molar-refractivity contribution is -0.148. The molecule has 0 aromatic heterocycles. The zero-order valence-electron chi connectivity index (χ0n) is 21.9. The number of allylic oxidation sites excluding steroid dienone is 2. The second kappa shape index (κ2) is 17.7. The van der Waals surface area contributed by atoms with Crippen LogP contribution in [0.3, 0.4) is 0 Å². The summed E-state index contributed by atoms with van der Waals surface area (Å²) in [5, 5.41) is 10.4. The molecule has 0 bridgehead atoms. The van der Waals surface area contributed by atoms with Gasteiger partial charge in [-0.25, -0.2) is 4.57 Å². The average Bonchev–Trinajstić information content (AvgIpc) is 3.58. The predicted octanol–water partition coefficient (Wildman–Crippen LogP) is 4.93. The van der Waals surface area contributed by atoms with Gasteiger partial charge in [0.05, 0.1) is 31.0 Å². The van der Waals surface area contributed by atoms with E-state index < -0.39 is 26.1 Å². The van der Waals surface area contributed by atoms with Crippen LogP contribution in [0.4, 0.5) is 0 Å². The van der Waals surface area contributed by atoms with Crippen LogP contribution in [0, 0.1) is 0 Å². The minimum absolute atomic E-state index is 0.0909. The molecule has 1 fully saturated rings. The minimum atomic E-state index is -4.31. The molecule has 0 saturated carbocycles. The van der Waals surface area contributed by atoms with Crippen LogP contribution in [0.5, 0.6) is 0 Å². The van der Waals surface area contributed by atoms with Gasteiger partial charge in [-0.3, -0.25) is 13.8 Å². The molecule has 9 nitrogen and oxygen atoms in total. The Morgan fingerprint density at radius 2 is 1.72 bits per heavy atom. The number of ether oxygens (including phenoxy) is 2. The quantitative estimate of drug-likeness (QED) is 0.194. The number of hydrogen-bond donors (Lipinski definition) is 3. The third-order valence-corrected chi connectivity index (χ3v) is 7.69. The van der Waals surface area contributed by atoms with E-state index >= 15 is 0 Å². The molecule has 2 aliphatic rings. The van der Waals surface area contributed by atoms with E-state index in [1.54, 1.807) is 0 Å². The van der Waals surface area contributed by atoms with Crippen LogP contribution in [0.2, 0.25) is 0 Å². The number of cyclic esters (lactones) is 1. The molecule has 0 aromatic carbocycles. The van der Waals surface area contributed by atoms with Crippen molar-refractivity contribution < 1.29 is 37.9 Å². The number of aliphatic hydroxyl groups excluding tert-OH is 1. The van der Waals surface area contributed by atoms with Crippen molar-refractivity contribution in [1.29, 1.82) is 0 Å². The van der Waals surface area contributed by atoms with Crippen LogP contribution in [0.1, 0.15) is 103 Å². The summed E-state index contributed by atoms with van der Waals surface area (Å²) in [5.41, 5.74) is 5.36. The van der Waals surface area contributed by atoms with Gasteiger partial charge in [0.2, 0.25) is 0 Å². The Balaban J connectivity index is 1.91. The van der Waals surface area contributed by atoms with Gasteiger partial charge in [-0.2, -0.15) is 0 Å². The summed E-state index contributed by atoms with van der Waals surface area (Å²) in [6.07, 6.45) is 15.3. The zero-order valence-corrected chi connectivity index (χ0v) is 22.8. The van der Waals surface area contributed by atoms with Crippen molar-refractivity contribution in [2.75, 3.05) is 13.2 Å². The second-order valence-electron chi connectivity index (χ2n) is 10.1. The maximum absolute atomic E-state index is 12.3. The van der Waals surface area contributed by atoms with Gasteiger partial charge in [0.15, 0.2) is 0 Å². The van der Waals surface area contributed by atoms with Gasteiger partial charge in [-0.1, -0.05) is 44.3 Å².